The van der Waals surface area contributed by atoms with E-state index in [1.54, 1.807) is 6.92 Å². The van der Waals surface area contributed by atoms with E-state index in [9.17, 15) is 10.1 Å². The summed E-state index contributed by atoms with van der Waals surface area (Å²) in [6, 6.07) is 11.5. The molecule has 1 aromatic carbocycles. The number of rotatable bonds is 4. The Kier molecular flexibility index (Phi) is 4.98. The van der Waals surface area contributed by atoms with Gasteiger partial charge in [0.25, 0.3) is 5.56 Å². The summed E-state index contributed by atoms with van der Waals surface area (Å²) in [5.74, 6) is 0.382. The van der Waals surface area contributed by atoms with Gasteiger partial charge in [0.2, 0.25) is 0 Å². The molecular weight excluding hydrogens is 296 g/mol. The van der Waals surface area contributed by atoms with Gasteiger partial charge in [-0.05, 0) is 13.8 Å². The van der Waals surface area contributed by atoms with Crippen LogP contribution in [0.1, 0.15) is 18.1 Å². The number of aryl methyl sites for hydroxylation is 1. The first kappa shape index (κ1) is 15.8. The highest BCUT2D eigenvalue weighted by Gasteiger charge is 2.14. The van der Waals surface area contributed by atoms with Crippen molar-refractivity contribution < 1.29 is 0 Å². The fourth-order valence-corrected chi connectivity index (χ4v) is 2.59. The predicted octanol–water partition coefficient (Wildman–Crippen LogP) is 2.87. The molecule has 0 amide bonds. The topological polar surface area (TPSA) is 93.3 Å². The van der Waals surface area contributed by atoms with Crippen LogP contribution in [0.25, 0.3) is 11.3 Å². The van der Waals surface area contributed by atoms with Crippen molar-refractivity contribution in [3.05, 3.63) is 45.7 Å². The molecule has 0 saturated heterocycles. The van der Waals surface area contributed by atoms with Gasteiger partial charge in [0.1, 0.15) is 11.6 Å². The van der Waals surface area contributed by atoms with Crippen LogP contribution in [0.5, 0.6) is 0 Å². The zero-order chi connectivity index (χ0) is 16.1. The van der Waals surface area contributed by atoms with E-state index in [0.29, 0.717) is 16.6 Å². The average Bonchev–Trinajstić information content (AvgIpc) is 2.52. The first-order valence-corrected chi connectivity index (χ1v) is 7.67. The number of nitrogens with one attached hydrogen (secondary N) is 1. The van der Waals surface area contributed by atoms with Crippen molar-refractivity contribution in [1.82, 2.24) is 9.97 Å². The SMILES string of the molecule is Cc1ccc(-c2nc(SCC(C)C#N)[nH]c(=O)c2C#N)cc1. The Morgan fingerprint density at radius 2 is 2.00 bits per heavy atom. The van der Waals surface area contributed by atoms with E-state index in [4.69, 9.17) is 5.26 Å². The molecule has 0 saturated carbocycles. The molecule has 0 fully saturated rings. The molecule has 0 spiro atoms. The van der Waals surface area contributed by atoms with Crippen molar-refractivity contribution in [2.24, 2.45) is 5.92 Å². The van der Waals surface area contributed by atoms with Gasteiger partial charge >= 0.3 is 0 Å². The van der Waals surface area contributed by atoms with Crippen molar-refractivity contribution >= 4 is 11.8 Å². The highest BCUT2D eigenvalue weighted by molar-refractivity contribution is 7.99. The molecule has 2 aromatic rings. The van der Waals surface area contributed by atoms with Gasteiger partial charge in [-0.2, -0.15) is 10.5 Å². The molecule has 2 rings (SSSR count). The number of aromatic amines is 1. The smallest absolute Gasteiger partial charge is 0.270 e. The number of aromatic nitrogens is 2. The summed E-state index contributed by atoms with van der Waals surface area (Å²) in [6.45, 7) is 3.76. The normalized spacial score (nSPS) is 11.5. The summed E-state index contributed by atoms with van der Waals surface area (Å²) in [4.78, 5) is 19.0. The van der Waals surface area contributed by atoms with Crippen LogP contribution < -0.4 is 5.56 Å². The summed E-state index contributed by atoms with van der Waals surface area (Å²) in [6.07, 6.45) is 0. The molecule has 1 heterocycles. The van der Waals surface area contributed by atoms with Gasteiger partial charge in [-0.15, -0.1) is 0 Å². The third-order valence-electron chi connectivity index (χ3n) is 3.02. The summed E-state index contributed by atoms with van der Waals surface area (Å²) in [5, 5.41) is 18.4. The fourth-order valence-electron chi connectivity index (χ4n) is 1.79. The second-order valence-electron chi connectivity index (χ2n) is 4.91. The molecule has 1 unspecified atom stereocenters. The van der Waals surface area contributed by atoms with E-state index in [1.807, 2.05) is 37.3 Å². The van der Waals surface area contributed by atoms with Crippen LogP contribution in [-0.2, 0) is 0 Å². The van der Waals surface area contributed by atoms with E-state index in [0.717, 1.165) is 11.1 Å². The molecule has 0 aliphatic heterocycles. The lowest BCUT2D eigenvalue weighted by Gasteiger charge is -2.07. The predicted molar refractivity (Wildman–Crippen MR) is 85.2 cm³/mol. The number of H-pyrrole nitrogens is 1. The van der Waals surface area contributed by atoms with E-state index in [-0.39, 0.29) is 11.5 Å². The number of nitriles is 2. The largest absolute Gasteiger partial charge is 0.300 e. The van der Waals surface area contributed by atoms with E-state index in [1.165, 1.54) is 11.8 Å². The van der Waals surface area contributed by atoms with Gasteiger partial charge in [0.15, 0.2) is 5.16 Å². The highest BCUT2D eigenvalue weighted by atomic mass is 32.2. The Morgan fingerprint density at radius 3 is 2.59 bits per heavy atom. The third-order valence-corrected chi connectivity index (χ3v) is 4.16. The maximum absolute atomic E-state index is 12.0. The van der Waals surface area contributed by atoms with Crippen LogP contribution in [0.3, 0.4) is 0 Å². The first-order valence-electron chi connectivity index (χ1n) is 6.69. The summed E-state index contributed by atoms with van der Waals surface area (Å²) in [5.41, 5.74) is 1.73. The highest BCUT2D eigenvalue weighted by Crippen LogP contribution is 2.23. The average molecular weight is 310 g/mol. The zero-order valence-corrected chi connectivity index (χ0v) is 13.1. The number of hydrogen-bond acceptors (Lipinski definition) is 5. The van der Waals surface area contributed by atoms with Gasteiger partial charge in [-0.3, -0.25) is 4.79 Å². The van der Waals surface area contributed by atoms with Gasteiger partial charge < -0.3 is 4.98 Å². The van der Waals surface area contributed by atoms with Gasteiger partial charge in [0, 0.05) is 11.3 Å². The standard InChI is InChI=1S/C16H14N4OS/c1-10-3-5-12(6-4-10)14-13(8-18)15(21)20-16(19-14)22-9-11(2)7-17/h3-6,11H,9H2,1-2H3,(H,19,20,21). The summed E-state index contributed by atoms with van der Waals surface area (Å²) in [7, 11) is 0. The van der Waals surface area contributed by atoms with Crippen molar-refractivity contribution in [2.45, 2.75) is 19.0 Å². The Hall–Kier alpha value is -2.57. The molecule has 0 aliphatic rings. The quantitative estimate of drug-likeness (QED) is 0.692. The van der Waals surface area contributed by atoms with Crippen LogP contribution in [-0.4, -0.2) is 15.7 Å². The molecular formula is C16H14N4OS. The molecule has 1 atom stereocenters. The minimum Gasteiger partial charge on any atom is -0.300 e. The summed E-state index contributed by atoms with van der Waals surface area (Å²) >= 11 is 1.30. The molecule has 1 aromatic heterocycles. The van der Waals surface area contributed by atoms with Gasteiger partial charge in [0.05, 0.1) is 17.7 Å². The lowest BCUT2D eigenvalue weighted by molar-refractivity contribution is 0.854. The van der Waals surface area contributed by atoms with Gasteiger partial charge in [-0.25, -0.2) is 4.98 Å². The van der Waals surface area contributed by atoms with Crippen molar-refractivity contribution in [1.29, 1.82) is 10.5 Å². The molecule has 22 heavy (non-hydrogen) atoms. The third kappa shape index (κ3) is 3.55. The number of hydrogen-bond donors (Lipinski definition) is 1. The van der Waals surface area contributed by atoms with Crippen molar-refractivity contribution in [3.8, 4) is 23.4 Å². The Balaban J connectivity index is 2.45. The lowest BCUT2D eigenvalue weighted by atomic mass is 10.1. The summed E-state index contributed by atoms with van der Waals surface area (Å²) < 4.78 is 0. The minimum atomic E-state index is -0.458. The van der Waals surface area contributed by atoms with Crippen LogP contribution in [0.15, 0.2) is 34.2 Å². The Labute approximate surface area is 132 Å². The maximum atomic E-state index is 12.0. The van der Waals surface area contributed by atoms with E-state index in [2.05, 4.69) is 16.0 Å². The van der Waals surface area contributed by atoms with Crippen molar-refractivity contribution in [2.75, 3.05) is 5.75 Å². The Morgan fingerprint density at radius 1 is 1.32 bits per heavy atom. The van der Waals surface area contributed by atoms with Crippen LogP contribution >= 0.6 is 11.8 Å². The molecule has 0 radical (unpaired) electrons. The van der Waals surface area contributed by atoms with Gasteiger partial charge in [-0.1, -0.05) is 41.6 Å². The fraction of sp³-hybridized carbons (Fsp3) is 0.250. The van der Waals surface area contributed by atoms with E-state index < -0.39 is 5.56 Å². The number of benzene rings is 1. The lowest BCUT2D eigenvalue weighted by Crippen LogP contribution is -2.15. The minimum absolute atomic E-state index is 0.00142. The molecule has 0 bridgehead atoms. The van der Waals surface area contributed by atoms with Crippen LogP contribution in [0.2, 0.25) is 0 Å². The number of nitrogens with zero attached hydrogens (tertiary/aromatic N) is 3. The maximum Gasteiger partial charge on any atom is 0.270 e. The molecule has 0 aliphatic carbocycles. The second kappa shape index (κ2) is 6.93. The van der Waals surface area contributed by atoms with Crippen molar-refractivity contribution in [3.63, 3.8) is 0 Å². The molecule has 6 heteroatoms. The molecule has 1 N–H and O–H groups in total. The first-order chi connectivity index (χ1) is 10.5. The molecule has 110 valence electrons. The zero-order valence-electron chi connectivity index (χ0n) is 12.3. The molecule has 5 nitrogen and oxygen atoms in total. The monoisotopic (exact) mass is 310 g/mol. The number of thioether (sulfide) groups is 1. The van der Waals surface area contributed by atoms with Crippen LogP contribution in [0.4, 0.5) is 0 Å². The van der Waals surface area contributed by atoms with Crippen LogP contribution in [0, 0.1) is 35.5 Å². The Bertz CT molecular complexity index is 812. The van der Waals surface area contributed by atoms with E-state index >= 15 is 0 Å². The second-order valence-corrected chi connectivity index (χ2v) is 5.92.